The molecular weight excluding hydrogens is 312 g/mol. The van der Waals surface area contributed by atoms with E-state index in [9.17, 15) is 4.79 Å². The SMILES string of the molecule is CC1CCCN(C(C)CNC(=O)NCCCCN2CCCCC2C)C1. The maximum absolute atomic E-state index is 12.0. The number of carbonyl (C=O) groups is 1. The van der Waals surface area contributed by atoms with Crippen molar-refractivity contribution in [2.24, 2.45) is 5.92 Å². The number of hydrogen-bond acceptors (Lipinski definition) is 3. The number of urea groups is 1. The predicted octanol–water partition coefficient (Wildman–Crippen LogP) is 3.06. The van der Waals surface area contributed by atoms with Gasteiger partial charge in [-0.3, -0.25) is 4.90 Å². The molecule has 3 atom stereocenters. The number of nitrogens with zero attached hydrogens (tertiary/aromatic N) is 2. The second-order valence-electron chi connectivity index (χ2n) is 8.32. The van der Waals surface area contributed by atoms with Gasteiger partial charge in [0.25, 0.3) is 0 Å². The molecule has 25 heavy (non-hydrogen) atoms. The van der Waals surface area contributed by atoms with Crippen LogP contribution in [-0.2, 0) is 0 Å². The van der Waals surface area contributed by atoms with E-state index in [1.165, 1.54) is 64.7 Å². The summed E-state index contributed by atoms with van der Waals surface area (Å²) < 4.78 is 0. The average molecular weight is 353 g/mol. The number of rotatable bonds is 8. The van der Waals surface area contributed by atoms with E-state index in [1.807, 2.05) is 0 Å². The molecule has 0 aliphatic carbocycles. The van der Waals surface area contributed by atoms with Crippen LogP contribution in [0.5, 0.6) is 0 Å². The fraction of sp³-hybridized carbons (Fsp3) is 0.950. The fourth-order valence-electron chi connectivity index (χ4n) is 4.19. The van der Waals surface area contributed by atoms with Gasteiger partial charge in [0.2, 0.25) is 0 Å². The molecule has 2 N–H and O–H groups in total. The molecule has 5 nitrogen and oxygen atoms in total. The summed E-state index contributed by atoms with van der Waals surface area (Å²) in [5.41, 5.74) is 0. The Kier molecular flexibility index (Phi) is 9.04. The molecule has 2 aliphatic rings. The Morgan fingerprint density at radius 3 is 2.68 bits per heavy atom. The van der Waals surface area contributed by atoms with Crippen molar-refractivity contribution in [1.82, 2.24) is 20.4 Å². The van der Waals surface area contributed by atoms with E-state index in [-0.39, 0.29) is 6.03 Å². The summed E-state index contributed by atoms with van der Waals surface area (Å²) in [7, 11) is 0. The van der Waals surface area contributed by atoms with Crippen LogP contribution in [-0.4, -0.2) is 67.2 Å². The fourth-order valence-corrected chi connectivity index (χ4v) is 4.19. The van der Waals surface area contributed by atoms with Crippen LogP contribution in [0.25, 0.3) is 0 Å². The van der Waals surface area contributed by atoms with Crippen LogP contribution >= 0.6 is 0 Å². The van der Waals surface area contributed by atoms with E-state index in [1.54, 1.807) is 0 Å². The quantitative estimate of drug-likeness (QED) is 0.660. The number of hydrogen-bond donors (Lipinski definition) is 2. The lowest BCUT2D eigenvalue weighted by molar-refractivity contribution is 0.137. The minimum Gasteiger partial charge on any atom is -0.338 e. The van der Waals surface area contributed by atoms with E-state index in [4.69, 9.17) is 0 Å². The minimum atomic E-state index is -0.0109. The molecule has 0 radical (unpaired) electrons. The van der Waals surface area contributed by atoms with Crippen LogP contribution in [0.3, 0.4) is 0 Å². The van der Waals surface area contributed by atoms with E-state index >= 15 is 0 Å². The lowest BCUT2D eigenvalue weighted by Crippen LogP contribution is -2.48. The highest BCUT2D eigenvalue weighted by atomic mass is 16.2. The number of piperidine rings is 2. The molecule has 2 saturated heterocycles. The zero-order valence-electron chi connectivity index (χ0n) is 16.7. The number of amides is 2. The Labute approximate surface area is 154 Å². The van der Waals surface area contributed by atoms with Gasteiger partial charge in [-0.25, -0.2) is 4.79 Å². The monoisotopic (exact) mass is 352 g/mol. The maximum Gasteiger partial charge on any atom is 0.314 e. The van der Waals surface area contributed by atoms with Crippen molar-refractivity contribution >= 4 is 6.03 Å². The van der Waals surface area contributed by atoms with Crippen molar-refractivity contribution < 1.29 is 4.79 Å². The minimum absolute atomic E-state index is 0.0109. The first-order valence-corrected chi connectivity index (χ1v) is 10.6. The van der Waals surface area contributed by atoms with Gasteiger partial charge in [-0.15, -0.1) is 0 Å². The first kappa shape index (κ1) is 20.5. The summed E-state index contributed by atoms with van der Waals surface area (Å²) in [6.07, 6.45) is 8.94. The highest BCUT2D eigenvalue weighted by Gasteiger charge is 2.21. The summed E-state index contributed by atoms with van der Waals surface area (Å²) in [5, 5.41) is 6.05. The molecule has 146 valence electrons. The summed E-state index contributed by atoms with van der Waals surface area (Å²) in [6.45, 7) is 13.2. The first-order valence-electron chi connectivity index (χ1n) is 10.6. The van der Waals surface area contributed by atoms with Gasteiger partial charge in [0.1, 0.15) is 0 Å². The molecule has 0 saturated carbocycles. The van der Waals surface area contributed by atoms with Gasteiger partial charge >= 0.3 is 6.03 Å². The molecule has 2 fully saturated rings. The third-order valence-corrected chi connectivity index (χ3v) is 5.97. The van der Waals surface area contributed by atoms with Crippen molar-refractivity contribution in [2.75, 3.05) is 39.3 Å². The Bertz CT molecular complexity index is 390. The van der Waals surface area contributed by atoms with Crippen molar-refractivity contribution in [3.63, 3.8) is 0 Å². The van der Waals surface area contributed by atoms with Crippen LogP contribution in [0, 0.1) is 5.92 Å². The summed E-state index contributed by atoms with van der Waals surface area (Å²) in [5.74, 6) is 0.785. The van der Waals surface area contributed by atoms with Gasteiger partial charge in [0.05, 0.1) is 0 Å². The maximum atomic E-state index is 12.0. The average Bonchev–Trinajstić information content (AvgIpc) is 2.61. The predicted molar refractivity (Wildman–Crippen MR) is 105 cm³/mol. The standard InChI is InChI=1S/C20H40N4O/c1-17-9-8-14-24(16-17)19(3)15-22-20(25)21-11-5-7-13-23-12-6-4-10-18(23)2/h17-19H,4-16H2,1-3H3,(H2,21,22,25). The molecular formula is C20H40N4O. The highest BCUT2D eigenvalue weighted by molar-refractivity contribution is 5.73. The van der Waals surface area contributed by atoms with Crippen LogP contribution in [0.1, 0.15) is 65.7 Å². The lowest BCUT2D eigenvalue weighted by atomic mass is 9.99. The van der Waals surface area contributed by atoms with Crippen molar-refractivity contribution in [3.8, 4) is 0 Å². The first-order chi connectivity index (χ1) is 12.1. The van der Waals surface area contributed by atoms with E-state index in [0.29, 0.717) is 6.04 Å². The molecule has 0 aromatic rings. The second kappa shape index (κ2) is 11.0. The van der Waals surface area contributed by atoms with Crippen molar-refractivity contribution in [3.05, 3.63) is 0 Å². The van der Waals surface area contributed by atoms with Gasteiger partial charge in [-0.05, 0) is 77.9 Å². The van der Waals surface area contributed by atoms with Gasteiger partial charge < -0.3 is 15.5 Å². The van der Waals surface area contributed by atoms with Crippen molar-refractivity contribution in [2.45, 2.75) is 77.8 Å². The zero-order chi connectivity index (χ0) is 18.1. The third kappa shape index (κ3) is 7.53. The molecule has 0 bridgehead atoms. The van der Waals surface area contributed by atoms with E-state index < -0.39 is 0 Å². The molecule has 5 heteroatoms. The Morgan fingerprint density at radius 2 is 1.92 bits per heavy atom. The third-order valence-electron chi connectivity index (χ3n) is 5.97. The van der Waals surface area contributed by atoms with Crippen LogP contribution in [0.2, 0.25) is 0 Å². The smallest absolute Gasteiger partial charge is 0.314 e. The topological polar surface area (TPSA) is 47.6 Å². The molecule has 2 heterocycles. The van der Waals surface area contributed by atoms with Gasteiger partial charge in [0.15, 0.2) is 0 Å². The van der Waals surface area contributed by atoms with Gasteiger partial charge in [0, 0.05) is 31.7 Å². The molecule has 0 aromatic heterocycles. The molecule has 2 aliphatic heterocycles. The molecule has 2 rings (SSSR count). The van der Waals surface area contributed by atoms with Crippen LogP contribution in [0.4, 0.5) is 4.79 Å². The lowest BCUT2D eigenvalue weighted by Gasteiger charge is -2.35. The summed E-state index contributed by atoms with van der Waals surface area (Å²) >= 11 is 0. The normalized spacial score (nSPS) is 27.0. The summed E-state index contributed by atoms with van der Waals surface area (Å²) in [4.78, 5) is 17.1. The van der Waals surface area contributed by atoms with Gasteiger partial charge in [-0.1, -0.05) is 13.3 Å². The van der Waals surface area contributed by atoms with Crippen molar-refractivity contribution in [1.29, 1.82) is 0 Å². The van der Waals surface area contributed by atoms with Gasteiger partial charge in [-0.2, -0.15) is 0 Å². The Morgan fingerprint density at radius 1 is 1.08 bits per heavy atom. The number of unbranched alkanes of at least 4 members (excludes halogenated alkanes) is 1. The largest absolute Gasteiger partial charge is 0.338 e. The number of carbonyl (C=O) groups excluding carboxylic acids is 1. The zero-order valence-corrected chi connectivity index (χ0v) is 16.7. The molecule has 0 aromatic carbocycles. The number of likely N-dealkylation sites (tertiary alicyclic amines) is 2. The molecule has 2 amide bonds. The summed E-state index contributed by atoms with van der Waals surface area (Å²) in [6, 6.07) is 1.15. The van der Waals surface area contributed by atoms with Crippen LogP contribution < -0.4 is 10.6 Å². The second-order valence-corrected chi connectivity index (χ2v) is 8.32. The van der Waals surface area contributed by atoms with E-state index in [0.717, 1.165) is 31.5 Å². The highest BCUT2D eigenvalue weighted by Crippen LogP contribution is 2.17. The van der Waals surface area contributed by atoms with Crippen LogP contribution in [0.15, 0.2) is 0 Å². The Balaban J connectivity index is 1.49. The number of nitrogens with one attached hydrogen (secondary N) is 2. The molecule has 3 unspecified atom stereocenters. The Hall–Kier alpha value is -0.810. The van der Waals surface area contributed by atoms with E-state index in [2.05, 4.69) is 41.2 Å². The molecule has 0 spiro atoms.